The summed E-state index contributed by atoms with van der Waals surface area (Å²) in [6, 6.07) is 13.3. The van der Waals surface area contributed by atoms with Gasteiger partial charge in [0.2, 0.25) is 0 Å². The number of ether oxygens (including phenoxy) is 5. The van der Waals surface area contributed by atoms with Gasteiger partial charge in [-0.05, 0) is 61.1 Å². The Hall–Kier alpha value is -3.10. The molecule has 9 heteroatoms. The summed E-state index contributed by atoms with van der Waals surface area (Å²) in [6.45, 7) is 6.33. The van der Waals surface area contributed by atoms with Gasteiger partial charge in [0.05, 0.1) is 6.61 Å². The smallest absolute Gasteiger partial charge is 0.303 e. The molecule has 1 aliphatic heterocycles. The summed E-state index contributed by atoms with van der Waals surface area (Å²) >= 11 is 6.56. The maximum atomic E-state index is 12.1. The predicted octanol–water partition coefficient (Wildman–Crippen LogP) is 4.73. The Morgan fingerprint density at radius 3 is 2.11 bits per heavy atom. The Morgan fingerprint density at radius 2 is 1.54 bits per heavy atom. The van der Waals surface area contributed by atoms with Gasteiger partial charge in [-0.1, -0.05) is 35.9 Å². The number of hydrogen-bond donors (Lipinski definition) is 0. The van der Waals surface area contributed by atoms with Crippen LogP contribution in [0.3, 0.4) is 0 Å². The van der Waals surface area contributed by atoms with Crippen LogP contribution in [0.4, 0.5) is 0 Å². The molecule has 1 saturated heterocycles. The van der Waals surface area contributed by atoms with Gasteiger partial charge in [-0.2, -0.15) is 0 Å². The van der Waals surface area contributed by atoms with Crippen molar-refractivity contribution in [3.05, 3.63) is 64.2 Å². The molecule has 37 heavy (non-hydrogen) atoms. The molecule has 198 valence electrons. The average Bonchev–Trinajstić information content (AvgIpc) is 3.60. The first kappa shape index (κ1) is 26.9. The topological polar surface area (TPSA) is 97.4 Å². The Bertz CT molecular complexity index is 1160. The minimum absolute atomic E-state index is 0.541. The van der Waals surface area contributed by atoms with Crippen LogP contribution in [0.15, 0.2) is 42.5 Å². The van der Waals surface area contributed by atoms with Crippen molar-refractivity contribution in [2.75, 3.05) is 6.61 Å². The van der Waals surface area contributed by atoms with Gasteiger partial charge in [0.1, 0.15) is 17.5 Å². The van der Waals surface area contributed by atoms with E-state index in [4.69, 9.17) is 35.3 Å². The summed E-state index contributed by atoms with van der Waals surface area (Å²) < 4.78 is 28.8. The Labute approximate surface area is 221 Å². The van der Waals surface area contributed by atoms with Crippen LogP contribution in [0.1, 0.15) is 63.3 Å². The van der Waals surface area contributed by atoms with Gasteiger partial charge in [-0.25, -0.2) is 0 Å². The van der Waals surface area contributed by atoms with E-state index < -0.39 is 47.9 Å². The lowest BCUT2D eigenvalue weighted by Gasteiger charge is -2.45. The molecule has 0 bridgehead atoms. The first-order valence-electron chi connectivity index (χ1n) is 12.3. The predicted molar refractivity (Wildman–Crippen MR) is 134 cm³/mol. The van der Waals surface area contributed by atoms with Crippen molar-refractivity contribution in [2.24, 2.45) is 0 Å². The lowest BCUT2D eigenvalue weighted by Crippen LogP contribution is -2.59. The van der Waals surface area contributed by atoms with Crippen LogP contribution < -0.4 is 4.74 Å². The fraction of sp³-hybridized carbons (Fsp3) is 0.464. The molecule has 2 fully saturated rings. The molecule has 4 rings (SSSR count). The standard InChI is InChI=1S/C28H31ClO8/c1-5-33-22-9-6-19(7-10-22)14-21-15-20(8-11-23(21)29)24-25(34-16(2)30)26(35-17(3)31)27(36-18(4)32)28(37-24)12-13-28/h6-11,15,24-27H,5,12-14H2,1-4H3. The fourth-order valence-electron chi connectivity index (χ4n) is 4.81. The first-order valence-corrected chi connectivity index (χ1v) is 12.7. The quantitative estimate of drug-likeness (QED) is 0.357. The van der Waals surface area contributed by atoms with Crippen LogP contribution in [0.2, 0.25) is 5.02 Å². The highest BCUT2D eigenvalue weighted by molar-refractivity contribution is 6.31. The SMILES string of the molecule is CCOc1ccc(Cc2cc(C3OC4(CC4)C(OC(C)=O)C(OC(C)=O)C3OC(C)=O)ccc2Cl)cc1. The minimum atomic E-state index is -1.03. The fourth-order valence-corrected chi connectivity index (χ4v) is 4.99. The second kappa shape index (κ2) is 11.1. The molecule has 0 amide bonds. The van der Waals surface area contributed by atoms with E-state index in [2.05, 4.69) is 0 Å². The van der Waals surface area contributed by atoms with Crippen molar-refractivity contribution in [2.45, 2.75) is 77.0 Å². The molecular weight excluding hydrogens is 500 g/mol. The zero-order chi connectivity index (χ0) is 26.7. The zero-order valence-corrected chi connectivity index (χ0v) is 22.1. The maximum absolute atomic E-state index is 12.1. The van der Waals surface area contributed by atoms with E-state index >= 15 is 0 Å². The number of esters is 3. The van der Waals surface area contributed by atoms with Crippen molar-refractivity contribution < 1.29 is 38.1 Å². The van der Waals surface area contributed by atoms with Crippen molar-refractivity contribution in [1.82, 2.24) is 0 Å². The van der Waals surface area contributed by atoms with Crippen LogP contribution in [0.25, 0.3) is 0 Å². The van der Waals surface area contributed by atoms with Gasteiger partial charge in [-0.3, -0.25) is 14.4 Å². The first-order chi connectivity index (χ1) is 17.6. The van der Waals surface area contributed by atoms with Crippen molar-refractivity contribution in [3.8, 4) is 5.75 Å². The van der Waals surface area contributed by atoms with E-state index in [1.807, 2.05) is 37.3 Å². The van der Waals surface area contributed by atoms with E-state index in [1.165, 1.54) is 20.8 Å². The second-order valence-corrected chi connectivity index (χ2v) is 9.79. The highest BCUT2D eigenvalue weighted by Gasteiger charge is 2.65. The monoisotopic (exact) mass is 530 g/mol. The summed E-state index contributed by atoms with van der Waals surface area (Å²) in [5, 5.41) is 0.577. The molecule has 1 saturated carbocycles. The maximum Gasteiger partial charge on any atom is 0.303 e. The normalized spacial score (nSPS) is 23.7. The Balaban J connectivity index is 1.69. The van der Waals surface area contributed by atoms with Crippen molar-refractivity contribution >= 4 is 29.5 Å². The Morgan fingerprint density at radius 1 is 0.919 bits per heavy atom. The Kier molecular flexibility index (Phi) is 8.09. The highest BCUT2D eigenvalue weighted by atomic mass is 35.5. The molecule has 8 nitrogen and oxygen atoms in total. The second-order valence-electron chi connectivity index (χ2n) is 9.39. The molecule has 2 aromatic carbocycles. The molecule has 1 heterocycles. The van der Waals surface area contributed by atoms with E-state index in [0.717, 1.165) is 16.9 Å². The molecule has 1 aliphatic carbocycles. The number of hydrogen-bond acceptors (Lipinski definition) is 8. The molecule has 0 N–H and O–H groups in total. The summed E-state index contributed by atoms with van der Waals surface area (Å²) in [7, 11) is 0. The van der Waals surface area contributed by atoms with Gasteiger partial charge in [0, 0.05) is 25.8 Å². The van der Waals surface area contributed by atoms with E-state index in [-0.39, 0.29) is 0 Å². The van der Waals surface area contributed by atoms with Crippen LogP contribution in [0, 0.1) is 0 Å². The third-order valence-electron chi connectivity index (χ3n) is 6.47. The molecule has 1 spiro atoms. The number of carbonyl (C=O) groups is 3. The molecule has 0 aromatic heterocycles. The summed E-state index contributed by atoms with van der Waals surface area (Å²) in [5.74, 6) is -0.906. The summed E-state index contributed by atoms with van der Waals surface area (Å²) in [6.07, 6.45) is -1.95. The molecule has 2 aromatic rings. The van der Waals surface area contributed by atoms with Crippen LogP contribution >= 0.6 is 11.6 Å². The molecular formula is C28H31ClO8. The van der Waals surface area contributed by atoms with E-state index in [1.54, 1.807) is 12.1 Å². The van der Waals surface area contributed by atoms with Crippen LogP contribution in [-0.4, -0.2) is 48.4 Å². The van der Waals surface area contributed by atoms with Gasteiger partial charge < -0.3 is 23.7 Å². The number of halogens is 1. The summed E-state index contributed by atoms with van der Waals surface area (Å²) in [4.78, 5) is 36.1. The lowest BCUT2D eigenvalue weighted by atomic mass is 9.88. The largest absolute Gasteiger partial charge is 0.494 e. The lowest BCUT2D eigenvalue weighted by molar-refractivity contribution is -0.257. The number of benzene rings is 2. The van der Waals surface area contributed by atoms with Gasteiger partial charge in [0.15, 0.2) is 18.3 Å². The van der Waals surface area contributed by atoms with Crippen LogP contribution in [-0.2, 0) is 39.8 Å². The number of rotatable bonds is 8. The average molecular weight is 531 g/mol. The van der Waals surface area contributed by atoms with Gasteiger partial charge in [0.25, 0.3) is 0 Å². The molecule has 4 atom stereocenters. The number of carbonyl (C=O) groups excluding carboxylic acids is 3. The van der Waals surface area contributed by atoms with Gasteiger partial charge >= 0.3 is 17.9 Å². The van der Waals surface area contributed by atoms with E-state index in [0.29, 0.717) is 36.5 Å². The molecule has 2 aliphatic rings. The molecule has 0 radical (unpaired) electrons. The van der Waals surface area contributed by atoms with Crippen molar-refractivity contribution in [1.29, 1.82) is 0 Å². The summed E-state index contributed by atoms with van der Waals surface area (Å²) in [5.41, 5.74) is 1.77. The third-order valence-corrected chi connectivity index (χ3v) is 6.84. The third kappa shape index (κ3) is 6.25. The highest BCUT2D eigenvalue weighted by Crippen LogP contribution is 2.54. The zero-order valence-electron chi connectivity index (χ0n) is 21.3. The molecule has 4 unspecified atom stereocenters. The van der Waals surface area contributed by atoms with Gasteiger partial charge in [-0.15, -0.1) is 0 Å². The van der Waals surface area contributed by atoms with Crippen LogP contribution in [0.5, 0.6) is 5.75 Å². The minimum Gasteiger partial charge on any atom is -0.494 e. The van der Waals surface area contributed by atoms with Crippen molar-refractivity contribution in [3.63, 3.8) is 0 Å². The van der Waals surface area contributed by atoms with E-state index in [9.17, 15) is 14.4 Å².